The van der Waals surface area contributed by atoms with Gasteiger partial charge in [-0.15, -0.1) is 0 Å². The van der Waals surface area contributed by atoms with Crippen molar-refractivity contribution >= 4 is 33.3 Å². The molecule has 0 bridgehead atoms. The van der Waals surface area contributed by atoms with Crippen LogP contribution in [0.15, 0.2) is 71.6 Å². The molecule has 1 heterocycles. The third-order valence-corrected chi connectivity index (χ3v) is 8.83. The summed E-state index contributed by atoms with van der Waals surface area (Å²) in [5.41, 5.74) is 1.19. The zero-order chi connectivity index (χ0) is 32.0. The highest BCUT2D eigenvalue weighted by Gasteiger charge is 2.32. The van der Waals surface area contributed by atoms with Crippen LogP contribution in [0.4, 0.5) is 20.6 Å². The van der Waals surface area contributed by atoms with Gasteiger partial charge in [-0.25, -0.2) is 17.6 Å². The Labute approximate surface area is 256 Å². The van der Waals surface area contributed by atoms with Crippen molar-refractivity contribution in [3.63, 3.8) is 0 Å². The molecule has 3 aromatic carbocycles. The maximum absolute atomic E-state index is 13.5. The molecular formula is C31H37FN4O7S. The molecule has 44 heavy (non-hydrogen) atoms. The maximum Gasteiger partial charge on any atom is 0.321 e. The van der Waals surface area contributed by atoms with Crippen LogP contribution < -0.4 is 19.5 Å². The number of hydrogen-bond donors (Lipinski definition) is 3. The summed E-state index contributed by atoms with van der Waals surface area (Å²) >= 11 is 0. The lowest BCUT2D eigenvalue weighted by Crippen LogP contribution is -2.48. The van der Waals surface area contributed by atoms with Crippen molar-refractivity contribution in [2.45, 2.75) is 37.3 Å². The van der Waals surface area contributed by atoms with E-state index in [1.807, 2.05) is 6.92 Å². The predicted molar refractivity (Wildman–Crippen MR) is 164 cm³/mol. The van der Waals surface area contributed by atoms with Crippen molar-refractivity contribution in [1.82, 2.24) is 9.80 Å². The largest absolute Gasteiger partial charge is 0.497 e. The van der Waals surface area contributed by atoms with E-state index in [1.165, 1.54) is 17.0 Å². The van der Waals surface area contributed by atoms with Gasteiger partial charge in [0.05, 0.1) is 37.6 Å². The summed E-state index contributed by atoms with van der Waals surface area (Å²) in [5.74, 6) is -0.0706. The number of aliphatic hydroxyl groups excluding tert-OH is 1. The van der Waals surface area contributed by atoms with Gasteiger partial charge in [0.1, 0.15) is 23.4 Å². The number of ether oxygens (including phenoxy) is 2. The van der Waals surface area contributed by atoms with Crippen molar-refractivity contribution in [1.29, 1.82) is 0 Å². The number of rotatable bonds is 9. The van der Waals surface area contributed by atoms with Crippen LogP contribution >= 0.6 is 0 Å². The Balaban J connectivity index is 1.60. The van der Waals surface area contributed by atoms with Crippen LogP contribution in [-0.4, -0.2) is 81.3 Å². The minimum Gasteiger partial charge on any atom is -0.497 e. The van der Waals surface area contributed by atoms with Crippen LogP contribution in [0.25, 0.3) is 0 Å². The Morgan fingerprint density at radius 1 is 1.14 bits per heavy atom. The SMILES string of the molecule is COc1ccc(NC(=O)N(C)C[C@H]2Oc3ccc(NS(=O)(=O)c4ccc(F)cc4)cc3CC(=O)N([C@H](C)CO)C[C@@H]2C)cc1. The number of benzene rings is 3. The van der Waals surface area contributed by atoms with Gasteiger partial charge < -0.3 is 29.7 Å². The first-order chi connectivity index (χ1) is 20.9. The zero-order valence-corrected chi connectivity index (χ0v) is 25.8. The summed E-state index contributed by atoms with van der Waals surface area (Å²) in [6, 6.07) is 15.1. The summed E-state index contributed by atoms with van der Waals surface area (Å²) in [6.45, 7) is 3.81. The van der Waals surface area contributed by atoms with Crippen molar-refractivity contribution in [2.24, 2.45) is 5.92 Å². The zero-order valence-electron chi connectivity index (χ0n) is 25.0. The fourth-order valence-electron chi connectivity index (χ4n) is 4.78. The first kappa shape index (κ1) is 32.6. The van der Waals surface area contributed by atoms with Crippen LogP contribution in [-0.2, 0) is 21.2 Å². The highest BCUT2D eigenvalue weighted by molar-refractivity contribution is 7.92. The summed E-state index contributed by atoms with van der Waals surface area (Å²) in [6.07, 6.45) is -0.680. The van der Waals surface area contributed by atoms with Crippen molar-refractivity contribution < 1.29 is 37.0 Å². The summed E-state index contributed by atoms with van der Waals surface area (Å²) in [4.78, 5) is 29.4. The van der Waals surface area contributed by atoms with E-state index in [2.05, 4.69) is 10.0 Å². The Morgan fingerprint density at radius 2 is 1.80 bits per heavy atom. The topological polar surface area (TPSA) is 138 Å². The number of halogens is 1. The highest BCUT2D eigenvalue weighted by atomic mass is 32.2. The normalized spacial score (nSPS) is 17.7. The minimum absolute atomic E-state index is 0.112. The molecule has 0 saturated carbocycles. The number of methoxy groups -OCH3 is 1. The average Bonchev–Trinajstić information content (AvgIpc) is 3.04. The fraction of sp³-hybridized carbons (Fsp3) is 0.355. The van der Waals surface area contributed by atoms with Crippen LogP contribution in [0.3, 0.4) is 0 Å². The van der Waals surface area contributed by atoms with Gasteiger partial charge in [-0.05, 0) is 73.7 Å². The van der Waals surface area contributed by atoms with Gasteiger partial charge in [-0.1, -0.05) is 6.92 Å². The fourth-order valence-corrected chi connectivity index (χ4v) is 5.83. The lowest BCUT2D eigenvalue weighted by Gasteiger charge is -2.34. The second-order valence-corrected chi connectivity index (χ2v) is 12.5. The van der Waals surface area contributed by atoms with E-state index < -0.39 is 28.0 Å². The monoisotopic (exact) mass is 628 g/mol. The maximum atomic E-state index is 13.5. The third-order valence-electron chi connectivity index (χ3n) is 7.43. The van der Waals surface area contributed by atoms with Crippen LogP contribution in [0, 0.1) is 11.7 Å². The van der Waals surface area contributed by atoms with Gasteiger partial charge >= 0.3 is 6.03 Å². The number of sulfonamides is 1. The molecule has 3 aromatic rings. The number of carbonyl (C=O) groups excluding carboxylic acids is 2. The minimum atomic E-state index is -4.04. The van der Waals surface area contributed by atoms with Gasteiger partial charge in [0.25, 0.3) is 10.0 Å². The standard InChI is InChI=1S/C31H37FN4O7S/c1-20-17-36(21(2)19-37)30(38)16-22-15-25(34-44(40,41)27-12-5-23(32)6-13-27)9-14-28(22)43-29(20)18-35(3)31(39)33-24-7-10-26(42-4)11-8-24/h5-15,20-21,29,34,37H,16-19H2,1-4H3,(H,33,39)/t20-,21+,29+/m0/s1. The molecule has 3 N–H and O–H groups in total. The number of amides is 3. The number of hydrogen-bond acceptors (Lipinski definition) is 7. The molecule has 13 heteroatoms. The molecule has 0 radical (unpaired) electrons. The molecule has 0 saturated heterocycles. The second-order valence-electron chi connectivity index (χ2n) is 10.8. The van der Waals surface area contributed by atoms with E-state index in [9.17, 15) is 27.5 Å². The predicted octanol–water partition coefficient (Wildman–Crippen LogP) is 3.95. The van der Waals surface area contributed by atoms with Gasteiger partial charge in [0.2, 0.25) is 5.91 Å². The number of nitrogens with one attached hydrogen (secondary N) is 2. The van der Waals surface area contributed by atoms with Gasteiger partial charge in [-0.2, -0.15) is 0 Å². The number of anilines is 2. The summed E-state index contributed by atoms with van der Waals surface area (Å²) in [7, 11) is -0.850. The van der Waals surface area contributed by atoms with E-state index in [4.69, 9.17) is 9.47 Å². The van der Waals surface area contributed by atoms with Gasteiger partial charge in [0, 0.05) is 36.4 Å². The lowest BCUT2D eigenvalue weighted by atomic mass is 10.0. The Morgan fingerprint density at radius 3 is 2.43 bits per heavy atom. The Hall–Kier alpha value is -4.36. The van der Waals surface area contributed by atoms with E-state index in [1.54, 1.807) is 56.3 Å². The number of nitrogens with zero attached hydrogens (tertiary/aromatic N) is 2. The smallest absolute Gasteiger partial charge is 0.321 e. The molecule has 0 spiro atoms. The molecule has 0 aliphatic carbocycles. The van der Waals surface area contributed by atoms with Crippen LogP contribution in [0.2, 0.25) is 0 Å². The second kappa shape index (κ2) is 14.0. The molecule has 11 nitrogen and oxygen atoms in total. The van der Waals surface area contributed by atoms with Crippen molar-refractivity contribution in [3.05, 3.63) is 78.1 Å². The first-order valence-electron chi connectivity index (χ1n) is 14.0. The molecule has 1 aliphatic rings. The highest BCUT2D eigenvalue weighted by Crippen LogP contribution is 2.30. The lowest BCUT2D eigenvalue weighted by molar-refractivity contribution is -0.134. The molecule has 0 unspecified atom stereocenters. The Bertz CT molecular complexity index is 1570. The number of aliphatic hydroxyl groups is 1. The van der Waals surface area contributed by atoms with Crippen molar-refractivity contribution in [3.8, 4) is 11.5 Å². The van der Waals surface area contributed by atoms with E-state index in [-0.39, 0.29) is 54.6 Å². The average molecular weight is 629 g/mol. The van der Waals surface area contributed by atoms with Crippen molar-refractivity contribution in [2.75, 3.05) is 43.9 Å². The molecule has 4 rings (SSSR count). The molecule has 3 amide bonds. The molecule has 1 aliphatic heterocycles. The number of fused-ring (bicyclic) bond motifs is 1. The molecule has 0 fully saturated rings. The van der Waals surface area contributed by atoms with Gasteiger partial charge in [-0.3, -0.25) is 9.52 Å². The summed E-state index contributed by atoms with van der Waals surface area (Å²) in [5, 5.41) is 12.7. The van der Waals surface area contributed by atoms with Gasteiger partial charge in [0.15, 0.2) is 0 Å². The molecule has 236 valence electrons. The number of carbonyl (C=O) groups is 2. The molecular weight excluding hydrogens is 591 g/mol. The number of urea groups is 1. The summed E-state index contributed by atoms with van der Waals surface area (Å²) < 4.78 is 53.3. The van der Waals surface area contributed by atoms with Crippen LogP contribution in [0.1, 0.15) is 19.4 Å². The molecule has 3 atom stereocenters. The number of likely N-dealkylation sites (N-methyl/N-ethyl adjacent to an activating group) is 1. The first-order valence-corrected chi connectivity index (χ1v) is 15.5. The van der Waals surface area contributed by atoms with E-state index in [0.717, 1.165) is 24.3 Å². The van der Waals surface area contributed by atoms with E-state index >= 15 is 0 Å². The quantitative estimate of drug-likeness (QED) is 0.326. The Kier molecular flexibility index (Phi) is 10.3. The van der Waals surface area contributed by atoms with E-state index in [0.29, 0.717) is 22.7 Å². The van der Waals surface area contributed by atoms with Crippen LogP contribution in [0.5, 0.6) is 11.5 Å². The third kappa shape index (κ3) is 7.97. The molecule has 0 aromatic heterocycles.